The van der Waals surface area contributed by atoms with E-state index in [1.165, 1.54) is 12.1 Å². The number of Topliss-reactive ketones (excluding diaryl/α,β-unsaturated/α-hetero) is 1. The van der Waals surface area contributed by atoms with Gasteiger partial charge in [0, 0.05) is 23.2 Å². The number of benzene rings is 2. The maximum atomic E-state index is 13.2. The largest absolute Gasteiger partial charge is 0.367 e. The molecule has 0 amide bonds. The SMILES string of the molecule is CSc1ccc(C(=O)CN(C)c2cccc(F)c2)cc1. The summed E-state index contributed by atoms with van der Waals surface area (Å²) in [6.07, 6.45) is 1.99. The molecule has 0 saturated carbocycles. The van der Waals surface area contributed by atoms with Crippen molar-refractivity contribution in [3.8, 4) is 0 Å². The number of carbonyl (C=O) groups excluding carboxylic acids is 1. The Morgan fingerprint density at radius 3 is 2.50 bits per heavy atom. The Bertz CT molecular complexity index is 598. The zero-order valence-electron chi connectivity index (χ0n) is 11.5. The second kappa shape index (κ2) is 6.57. The van der Waals surface area contributed by atoms with Crippen LogP contribution in [-0.2, 0) is 0 Å². The quantitative estimate of drug-likeness (QED) is 0.615. The highest BCUT2D eigenvalue weighted by Gasteiger charge is 2.10. The Labute approximate surface area is 122 Å². The monoisotopic (exact) mass is 289 g/mol. The van der Waals surface area contributed by atoms with Crippen LogP contribution in [0.2, 0.25) is 0 Å². The van der Waals surface area contributed by atoms with Gasteiger partial charge in [0.05, 0.1) is 6.54 Å². The molecule has 2 aromatic rings. The Morgan fingerprint density at radius 2 is 1.90 bits per heavy atom. The molecule has 0 aliphatic heterocycles. The summed E-state index contributed by atoms with van der Waals surface area (Å²) in [5, 5.41) is 0. The molecule has 0 spiro atoms. The van der Waals surface area contributed by atoms with Crippen LogP contribution < -0.4 is 4.90 Å². The van der Waals surface area contributed by atoms with Gasteiger partial charge in [0.25, 0.3) is 0 Å². The fourth-order valence-corrected chi connectivity index (χ4v) is 2.30. The second-order valence-electron chi connectivity index (χ2n) is 4.49. The first-order valence-electron chi connectivity index (χ1n) is 6.24. The summed E-state index contributed by atoms with van der Waals surface area (Å²) < 4.78 is 13.2. The third-order valence-corrected chi connectivity index (χ3v) is 3.79. The molecule has 0 bridgehead atoms. The number of carbonyl (C=O) groups is 1. The summed E-state index contributed by atoms with van der Waals surface area (Å²) in [7, 11) is 1.78. The van der Waals surface area contributed by atoms with Crippen molar-refractivity contribution in [2.45, 2.75) is 4.90 Å². The summed E-state index contributed by atoms with van der Waals surface area (Å²) in [5.41, 5.74) is 1.37. The highest BCUT2D eigenvalue weighted by atomic mass is 32.2. The minimum Gasteiger partial charge on any atom is -0.367 e. The van der Waals surface area contributed by atoms with E-state index in [0.717, 1.165) is 4.90 Å². The van der Waals surface area contributed by atoms with E-state index in [1.807, 2.05) is 30.5 Å². The van der Waals surface area contributed by atoms with Gasteiger partial charge in [-0.05, 0) is 36.6 Å². The van der Waals surface area contributed by atoms with Crippen molar-refractivity contribution in [3.63, 3.8) is 0 Å². The molecule has 2 nitrogen and oxygen atoms in total. The van der Waals surface area contributed by atoms with Crippen molar-refractivity contribution >= 4 is 23.2 Å². The first kappa shape index (κ1) is 14.6. The minimum atomic E-state index is -0.300. The Balaban J connectivity index is 2.06. The van der Waals surface area contributed by atoms with Crippen LogP contribution in [0.3, 0.4) is 0 Å². The van der Waals surface area contributed by atoms with E-state index in [2.05, 4.69) is 0 Å². The zero-order chi connectivity index (χ0) is 14.5. The molecular weight excluding hydrogens is 273 g/mol. The molecular formula is C16H16FNOS. The number of hydrogen-bond donors (Lipinski definition) is 0. The maximum absolute atomic E-state index is 13.2. The molecule has 0 aromatic heterocycles. The average molecular weight is 289 g/mol. The van der Waals surface area contributed by atoms with Gasteiger partial charge < -0.3 is 4.90 Å². The molecule has 0 heterocycles. The predicted molar refractivity (Wildman–Crippen MR) is 82.2 cm³/mol. The van der Waals surface area contributed by atoms with Gasteiger partial charge in [-0.3, -0.25) is 4.79 Å². The summed E-state index contributed by atoms with van der Waals surface area (Å²) in [4.78, 5) is 15.0. The zero-order valence-corrected chi connectivity index (χ0v) is 12.3. The van der Waals surface area contributed by atoms with Crippen LogP contribution in [-0.4, -0.2) is 25.6 Å². The van der Waals surface area contributed by atoms with E-state index >= 15 is 0 Å². The van der Waals surface area contributed by atoms with E-state index in [4.69, 9.17) is 0 Å². The molecule has 4 heteroatoms. The van der Waals surface area contributed by atoms with Gasteiger partial charge in [0.15, 0.2) is 5.78 Å². The van der Waals surface area contributed by atoms with Crippen molar-refractivity contribution in [2.24, 2.45) is 0 Å². The standard InChI is InChI=1S/C16H16FNOS/c1-18(14-5-3-4-13(17)10-14)11-16(19)12-6-8-15(20-2)9-7-12/h3-10H,11H2,1-2H3. The lowest BCUT2D eigenvalue weighted by molar-refractivity contribution is 0.100. The fourth-order valence-electron chi connectivity index (χ4n) is 1.89. The highest BCUT2D eigenvalue weighted by molar-refractivity contribution is 7.98. The normalized spacial score (nSPS) is 10.3. The van der Waals surface area contributed by atoms with Gasteiger partial charge in [-0.15, -0.1) is 11.8 Å². The summed E-state index contributed by atoms with van der Waals surface area (Å²) in [6.45, 7) is 0.224. The first-order chi connectivity index (χ1) is 9.60. The number of rotatable bonds is 5. The van der Waals surface area contributed by atoms with Crippen LogP contribution in [0.5, 0.6) is 0 Å². The Hall–Kier alpha value is -1.81. The number of nitrogens with zero attached hydrogens (tertiary/aromatic N) is 1. The molecule has 0 aliphatic carbocycles. The molecule has 0 aliphatic rings. The maximum Gasteiger partial charge on any atom is 0.182 e. The Morgan fingerprint density at radius 1 is 1.20 bits per heavy atom. The first-order valence-corrected chi connectivity index (χ1v) is 7.46. The van der Waals surface area contributed by atoms with Gasteiger partial charge in [-0.2, -0.15) is 0 Å². The fraction of sp³-hybridized carbons (Fsp3) is 0.188. The molecule has 0 radical (unpaired) electrons. The third-order valence-electron chi connectivity index (χ3n) is 3.04. The lowest BCUT2D eigenvalue weighted by atomic mass is 10.1. The minimum absolute atomic E-state index is 0.0180. The molecule has 2 rings (SSSR count). The molecule has 0 fully saturated rings. The lowest BCUT2D eigenvalue weighted by Crippen LogP contribution is -2.25. The number of hydrogen-bond acceptors (Lipinski definition) is 3. The number of anilines is 1. The topological polar surface area (TPSA) is 20.3 Å². The Kier molecular flexibility index (Phi) is 4.79. The molecule has 20 heavy (non-hydrogen) atoms. The van der Waals surface area contributed by atoms with Crippen LogP contribution in [0, 0.1) is 5.82 Å². The van der Waals surface area contributed by atoms with E-state index in [0.29, 0.717) is 11.3 Å². The summed E-state index contributed by atoms with van der Waals surface area (Å²) in [6, 6.07) is 13.7. The van der Waals surface area contributed by atoms with E-state index in [1.54, 1.807) is 35.8 Å². The molecule has 0 saturated heterocycles. The van der Waals surface area contributed by atoms with Crippen molar-refractivity contribution in [1.29, 1.82) is 0 Å². The number of thioether (sulfide) groups is 1. The number of ketones is 1. The number of halogens is 1. The van der Waals surface area contributed by atoms with E-state index < -0.39 is 0 Å². The molecule has 104 valence electrons. The van der Waals surface area contributed by atoms with Crippen LogP contribution in [0.1, 0.15) is 10.4 Å². The second-order valence-corrected chi connectivity index (χ2v) is 5.37. The lowest BCUT2D eigenvalue weighted by Gasteiger charge is -2.18. The van der Waals surface area contributed by atoms with Crippen LogP contribution >= 0.6 is 11.8 Å². The summed E-state index contributed by atoms with van der Waals surface area (Å²) in [5.74, 6) is -0.282. The molecule has 0 atom stereocenters. The van der Waals surface area contributed by atoms with Gasteiger partial charge >= 0.3 is 0 Å². The summed E-state index contributed by atoms with van der Waals surface area (Å²) >= 11 is 1.64. The van der Waals surface area contributed by atoms with Crippen molar-refractivity contribution in [1.82, 2.24) is 0 Å². The van der Waals surface area contributed by atoms with Crippen molar-refractivity contribution in [3.05, 3.63) is 59.9 Å². The van der Waals surface area contributed by atoms with E-state index in [9.17, 15) is 9.18 Å². The smallest absolute Gasteiger partial charge is 0.182 e. The average Bonchev–Trinajstić information content (AvgIpc) is 2.47. The van der Waals surface area contributed by atoms with Crippen molar-refractivity contribution in [2.75, 3.05) is 24.7 Å². The van der Waals surface area contributed by atoms with Gasteiger partial charge in [-0.25, -0.2) is 4.39 Å². The molecule has 0 N–H and O–H groups in total. The molecule has 2 aromatic carbocycles. The van der Waals surface area contributed by atoms with Crippen molar-refractivity contribution < 1.29 is 9.18 Å². The number of likely N-dealkylation sites (N-methyl/N-ethyl adjacent to an activating group) is 1. The van der Waals surface area contributed by atoms with Crippen LogP contribution in [0.25, 0.3) is 0 Å². The third kappa shape index (κ3) is 3.61. The van der Waals surface area contributed by atoms with Gasteiger partial charge in [-0.1, -0.05) is 18.2 Å². The van der Waals surface area contributed by atoms with Gasteiger partial charge in [0.2, 0.25) is 0 Å². The van der Waals surface area contributed by atoms with Gasteiger partial charge in [0.1, 0.15) is 5.82 Å². The highest BCUT2D eigenvalue weighted by Crippen LogP contribution is 2.17. The van der Waals surface area contributed by atoms with Crippen LogP contribution in [0.4, 0.5) is 10.1 Å². The predicted octanol–water partition coefficient (Wildman–Crippen LogP) is 3.87. The van der Waals surface area contributed by atoms with E-state index in [-0.39, 0.29) is 18.1 Å². The molecule has 0 unspecified atom stereocenters. The van der Waals surface area contributed by atoms with Crippen LogP contribution in [0.15, 0.2) is 53.4 Å².